The smallest absolute Gasteiger partial charge is 0.212 e. The molecule has 3 aromatic rings. The van der Waals surface area contributed by atoms with Crippen LogP contribution in [0.15, 0.2) is 70.5 Å². The second-order valence-corrected chi connectivity index (χ2v) is 6.45. The molecule has 0 aliphatic carbocycles. The summed E-state index contributed by atoms with van der Waals surface area (Å²) in [6, 6.07) is 14.5. The molecule has 106 valence electrons. The van der Waals surface area contributed by atoms with Crippen LogP contribution in [0, 0.1) is 11.6 Å². The van der Waals surface area contributed by atoms with Gasteiger partial charge in [-0.05, 0) is 35.0 Å². The van der Waals surface area contributed by atoms with Crippen LogP contribution in [0.25, 0.3) is 10.8 Å². The van der Waals surface area contributed by atoms with E-state index in [2.05, 4.69) is 0 Å². The number of hydrogen-bond acceptors (Lipinski definition) is 2. The standard InChI is InChI=1S/C16H10F2O2S/c17-14-6-3-7-15(18)16(14)21(19,20)13-9-8-11-4-1-2-5-12(11)10-13/h1-10H. The zero-order valence-electron chi connectivity index (χ0n) is 10.8. The SMILES string of the molecule is O=S(=O)(c1ccc2ccccc2c1)c1c(F)cccc1F. The van der Waals surface area contributed by atoms with Gasteiger partial charge in [0.2, 0.25) is 9.84 Å². The molecule has 0 radical (unpaired) electrons. The van der Waals surface area contributed by atoms with Crippen LogP contribution in [0.2, 0.25) is 0 Å². The second kappa shape index (κ2) is 4.93. The minimum atomic E-state index is -4.24. The van der Waals surface area contributed by atoms with Gasteiger partial charge < -0.3 is 0 Å². The summed E-state index contributed by atoms with van der Waals surface area (Å²) < 4.78 is 52.3. The Bertz CT molecular complexity index is 914. The first-order valence-electron chi connectivity index (χ1n) is 6.18. The highest BCUT2D eigenvalue weighted by Crippen LogP contribution is 2.28. The minimum Gasteiger partial charge on any atom is -0.218 e. The first kappa shape index (κ1) is 13.7. The van der Waals surface area contributed by atoms with Gasteiger partial charge in [-0.1, -0.05) is 36.4 Å². The Hall–Kier alpha value is -2.27. The lowest BCUT2D eigenvalue weighted by atomic mass is 10.1. The summed E-state index contributed by atoms with van der Waals surface area (Å²) in [4.78, 5) is -1.05. The van der Waals surface area contributed by atoms with Crippen LogP contribution in [0.3, 0.4) is 0 Å². The Balaban J connectivity index is 2.25. The molecule has 0 aromatic heterocycles. The van der Waals surface area contributed by atoms with E-state index in [1.807, 2.05) is 12.1 Å². The average molecular weight is 304 g/mol. The molecule has 0 heterocycles. The Morgan fingerprint density at radius 2 is 1.33 bits per heavy atom. The van der Waals surface area contributed by atoms with Crippen LogP contribution in [-0.4, -0.2) is 8.42 Å². The normalized spacial score (nSPS) is 11.7. The summed E-state index contributed by atoms with van der Waals surface area (Å²) in [5, 5.41) is 1.54. The number of rotatable bonds is 2. The number of sulfone groups is 1. The molecule has 0 fully saturated rings. The van der Waals surface area contributed by atoms with Crippen molar-refractivity contribution in [2.24, 2.45) is 0 Å². The van der Waals surface area contributed by atoms with Crippen molar-refractivity contribution in [3.05, 3.63) is 72.3 Å². The van der Waals surface area contributed by atoms with E-state index in [1.54, 1.807) is 18.2 Å². The second-order valence-electron chi connectivity index (χ2n) is 4.56. The van der Waals surface area contributed by atoms with Crippen molar-refractivity contribution in [2.45, 2.75) is 9.79 Å². The van der Waals surface area contributed by atoms with Crippen molar-refractivity contribution in [3.8, 4) is 0 Å². The highest BCUT2D eigenvalue weighted by Gasteiger charge is 2.26. The summed E-state index contributed by atoms with van der Waals surface area (Å²) in [7, 11) is -4.24. The monoisotopic (exact) mass is 304 g/mol. The fourth-order valence-electron chi connectivity index (χ4n) is 2.19. The van der Waals surface area contributed by atoms with Crippen LogP contribution in [-0.2, 0) is 9.84 Å². The lowest BCUT2D eigenvalue weighted by molar-refractivity contribution is 0.519. The molecule has 0 aliphatic rings. The van der Waals surface area contributed by atoms with Crippen LogP contribution in [0.4, 0.5) is 8.78 Å². The molecule has 0 amide bonds. The zero-order valence-corrected chi connectivity index (χ0v) is 11.6. The maximum absolute atomic E-state index is 13.7. The van der Waals surface area contributed by atoms with Crippen molar-refractivity contribution >= 4 is 20.6 Å². The molecule has 0 bridgehead atoms. The van der Waals surface area contributed by atoms with E-state index in [-0.39, 0.29) is 4.90 Å². The molecule has 3 aromatic carbocycles. The summed E-state index contributed by atoms with van der Waals surface area (Å²) in [6.07, 6.45) is 0. The van der Waals surface area contributed by atoms with E-state index in [4.69, 9.17) is 0 Å². The molecule has 3 rings (SSSR count). The summed E-state index contributed by atoms with van der Waals surface area (Å²) >= 11 is 0. The average Bonchev–Trinajstić information content (AvgIpc) is 2.46. The van der Waals surface area contributed by atoms with Crippen LogP contribution in [0.5, 0.6) is 0 Å². The van der Waals surface area contributed by atoms with Gasteiger partial charge in [-0.25, -0.2) is 17.2 Å². The highest BCUT2D eigenvalue weighted by atomic mass is 32.2. The Labute approximate surface area is 120 Å². The largest absolute Gasteiger partial charge is 0.218 e. The molecular formula is C16H10F2O2S. The maximum atomic E-state index is 13.7. The summed E-state index contributed by atoms with van der Waals surface area (Å²) in [6.45, 7) is 0. The molecule has 0 saturated heterocycles. The van der Waals surface area contributed by atoms with Crippen LogP contribution < -0.4 is 0 Å². The topological polar surface area (TPSA) is 34.1 Å². The third-order valence-electron chi connectivity index (χ3n) is 3.22. The third-order valence-corrected chi connectivity index (χ3v) is 5.02. The number of hydrogen-bond donors (Lipinski definition) is 0. The summed E-state index contributed by atoms with van der Waals surface area (Å²) in [5.41, 5.74) is 0. The molecule has 0 atom stereocenters. The molecule has 0 unspecified atom stereocenters. The molecule has 0 spiro atoms. The highest BCUT2D eigenvalue weighted by molar-refractivity contribution is 7.91. The molecule has 5 heteroatoms. The predicted octanol–water partition coefficient (Wildman–Crippen LogP) is 3.95. The first-order valence-corrected chi connectivity index (χ1v) is 7.66. The van der Waals surface area contributed by atoms with Gasteiger partial charge in [0.05, 0.1) is 4.90 Å². The summed E-state index contributed by atoms with van der Waals surface area (Å²) in [5.74, 6) is -2.19. The number of halogens is 2. The fourth-order valence-corrected chi connectivity index (χ4v) is 3.61. The Morgan fingerprint density at radius 1 is 0.714 bits per heavy atom. The van der Waals surface area contributed by atoms with Gasteiger partial charge >= 0.3 is 0 Å². The molecular weight excluding hydrogens is 294 g/mol. The van der Waals surface area contributed by atoms with Crippen LogP contribution >= 0.6 is 0 Å². The Kier molecular flexibility index (Phi) is 3.22. The van der Waals surface area contributed by atoms with Gasteiger partial charge in [-0.2, -0.15) is 0 Å². The van der Waals surface area contributed by atoms with E-state index in [0.717, 1.165) is 23.6 Å². The molecule has 21 heavy (non-hydrogen) atoms. The van der Waals surface area contributed by atoms with Gasteiger partial charge in [-0.15, -0.1) is 0 Å². The third kappa shape index (κ3) is 2.29. The lowest BCUT2D eigenvalue weighted by Gasteiger charge is -2.08. The van der Waals surface area contributed by atoms with Crippen molar-refractivity contribution < 1.29 is 17.2 Å². The van der Waals surface area contributed by atoms with Gasteiger partial charge in [0, 0.05) is 0 Å². The van der Waals surface area contributed by atoms with E-state index in [0.29, 0.717) is 5.39 Å². The minimum absolute atomic E-state index is 0.134. The van der Waals surface area contributed by atoms with Gasteiger partial charge in [0.1, 0.15) is 16.5 Å². The fraction of sp³-hybridized carbons (Fsp3) is 0. The van der Waals surface area contributed by atoms with Gasteiger partial charge in [0.25, 0.3) is 0 Å². The number of fused-ring (bicyclic) bond motifs is 1. The first-order chi connectivity index (χ1) is 10.00. The van der Waals surface area contributed by atoms with Gasteiger partial charge in [0.15, 0.2) is 0 Å². The molecule has 0 saturated carbocycles. The van der Waals surface area contributed by atoms with Crippen molar-refractivity contribution in [3.63, 3.8) is 0 Å². The van der Waals surface area contributed by atoms with Gasteiger partial charge in [-0.3, -0.25) is 0 Å². The van der Waals surface area contributed by atoms with E-state index in [1.165, 1.54) is 12.1 Å². The Morgan fingerprint density at radius 3 is 2.00 bits per heavy atom. The quantitative estimate of drug-likeness (QED) is 0.718. The zero-order chi connectivity index (χ0) is 15.0. The predicted molar refractivity (Wildman–Crippen MR) is 75.8 cm³/mol. The molecule has 0 N–H and O–H groups in total. The van der Waals surface area contributed by atoms with Crippen molar-refractivity contribution in [2.75, 3.05) is 0 Å². The van der Waals surface area contributed by atoms with E-state index in [9.17, 15) is 17.2 Å². The molecule has 2 nitrogen and oxygen atoms in total. The van der Waals surface area contributed by atoms with Crippen molar-refractivity contribution in [1.29, 1.82) is 0 Å². The van der Waals surface area contributed by atoms with Crippen molar-refractivity contribution in [1.82, 2.24) is 0 Å². The maximum Gasteiger partial charge on any atom is 0.212 e. The number of benzene rings is 3. The van der Waals surface area contributed by atoms with E-state index < -0.39 is 26.4 Å². The lowest BCUT2D eigenvalue weighted by Crippen LogP contribution is -2.07. The molecule has 0 aliphatic heterocycles. The van der Waals surface area contributed by atoms with E-state index >= 15 is 0 Å². The van der Waals surface area contributed by atoms with Crippen LogP contribution in [0.1, 0.15) is 0 Å².